The summed E-state index contributed by atoms with van der Waals surface area (Å²) >= 11 is 0. The molecule has 2 aromatic rings. The molecule has 0 atom stereocenters. The van der Waals surface area contributed by atoms with Gasteiger partial charge in [-0.15, -0.1) is 0 Å². The van der Waals surface area contributed by atoms with Crippen molar-refractivity contribution in [3.05, 3.63) is 29.8 Å². The zero-order valence-corrected chi connectivity index (χ0v) is 12.1. The van der Waals surface area contributed by atoms with Gasteiger partial charge in [0.15, 0.2) is 0 Å². The Morgan fingerprint density at radius 3 is 2.85 bits per heavy atom. The van der Waals surface area contributed by atoms with Crippen LogP contribution < -0.4 is 10.5 Å². The average Bonchev–Trinajstić information content (AvgIpc) is 3.23. The van der Waals surface area contributed by atoms with Crippen LogP contribution in [-0.2, 0) is 6.54 Å². The zero-order valence-electron chi connectivity index (χ0n) is 12.1. The van der Waals surface area contributed by atoms with E-state index in [1.807, 2.05) is 18.2 Å². The van der Waals surface area contributed by atoms with Gasteiger partial charge in [0, 0.05) is 30.1 Å². The van der Waals surface area contributed by atoms with E-state index in [0.717, 1.165) is 41.2 Å². The number of nitrogen functional groups attached to an aromatic ring is 1. The van der Waals surface area contributed by atoms with E-state index in [0.29, 0.717) is 5.82 Å². The van der Waals surface area contributed by atoms with Gasteiger partial charge in [-0.1, -0.05) is 0 Å². The van der Waals surface area contributed by atoms with Gasteiger partial charge in [0.25, 0.3) is 0 Å². The molecule has 1 fully saturated rings. The Hall–Kier alpha value is -1.81. The van der Waals surface area contributed by atoms with Crippen molar-refractivity contribution in [2.24, 2.45) is 5.92 Å². The molecule has 106 valence electrons. The van der Waals surface area contributed by atoms with Gasteiger partial charge in [0.05, 0.1) is 12.6 Å². The summed E-state index contributed by atoms with van der Waals surface area (Å²) < 4.78 is 5.22. The summed E-state index contributed by atoms with van der Waals surface area (Å²) in [5.74, 6) is 2.32. The highest BCUT2D eigenvalue weighted by molar-refractivity contribution is 5.82. The number of methoxy groups -OCH3 is 1. The van der Waals surface area contributed by atoms with Crippen LogP contribution in [0.15, 0.2) is 24.3 Å². The molecule has 0 saturated heterocycles. The molecule has 20 heavy (non-hydrogen) atoms. The Balaban J connectivity index is 1.85. The number of nitrogens with two attached hydrogens (primary N) is 1. The third-order valence-electron chi connectivity index (χ3n) is 3.84. The molecular weight excluding hydrogens is 250 g/mol. The van der Waals surface area contributed by atoms with Crippen LogP contribution >= 0.6 is 0 Å². The van der Waals surface area contributed by atoms with E-state index in [2.05, 4.69) is 23.0 Å². The molecular formula is C16H21N3O. The summed E-state index contributed by atoms with van der Waals surface area (Å²) in [5.41, 5.74) is 8.08. The summed E-state index contributed by atoms with van der Waals surface area (Å²) in [7, 11) is 3.81. The summed E-state index contributed by atoms with van der Waals surface area (Å²) in [6.45, 7) is 2.01. The number of benzene rings is 1. The molecule has 0 bridgehead atoms. The number of hydrogen-bond donors (Lipinski definition) is 1. The monoisotopic (exact) mass is 271 g/mol. The number of nitrogens with zero attached hydrogens (tertiary/aromatic N) is 2. The fourth-order valence-electron chi connectivity index (χ4n) is 2.56. The van der Waals surface area contributed by atoms with Crippen LogP contribution in [0, 0.1) is 5.92 Å². The van der Waals surface area contributed by atoms with E-state index in [-0.39, 0.29) is 0 Å². The minimum atomic E-state index is 0.619. The average molecular weight is 271 g/mol. The lowest BCUT2D eigenvalue weighted by Crippen LogP contribution is -2.21. The van der Waals surface area contributed by atoms with E-state index in [9.17, 15) is 0 Å². The number of hydrogen-bond acceptors (Lipinski definition) is 4. The van der Waals surface area contributed by atoms with Crippen molar-refractivity contribution in [3.8, 4) is 5.75 Å². The van der Waals surface area contributed by atoms with Gasteiger partial charge < -0.3 is 15.4 Å². The number of anilines is 1. The van der Waals surface area contributed by atoms with E-state index >= 15 is 0 Å². The lowest BCUT2D eigenvalue weighted by atomic mass is 10.1. The first-order valence-corrected chi connectivity index (χ1v) is 7.07. The Bertz CT molecular complexity index is 622. The van der Waals surface area contributed by atoms with Crippen molar-refractivity contribution < 1.29 is 4.74 Å². The molecule has 4 nitrogen and oxygen atoms in total. The van der Waals surface area contributed by atoms with Crippen molar-refractivity contribution in [2.75, 3.05) is 26.4 Å². The fourth-order valence-corrected chi connectivity index (χ4v) is 2.56. The van der Waals surface area contributed by atoms with Gasteiger partial charge in [0.2, 0.25) is 0 Å². The molecule has 0 amide bonds. The van der Waals surface area contributed by atoms with Crippen molar-refractivity contribution in [3.63, 3.8) is 0 Å². The van der Waals surface area contributed by atoms with Crippen LogP contribution in [0.2, 0.25) is 0 Å². The van der Waals surface area contributed by atoms with Crippen LogP contribution in [-0.4, -0.2) is 30.6 Å². The molecule has 0 unspecified atom stereocenters. The largest absolute Gasteiger partial charge is 0.497 e. The maximum absolute atomic E-state index is 6.09. The van der Waals surface area contributed by atoms with Gasteiger partial charge in [-0.3, -0.25) is 0 Å². The Morgan fingerprint density at radius 2 is 2.15 bits per heavy atom. The second-order valence-electron chi connectivity index (χ2n) is 5.73. The maximum Gasteiger partial charge on any atom is 0.128 e. The van der Waals surface area contributed by atoms with Gasteiger partial charge in [-0.2, -0.15) is 0 Å². The molecule has 1 heterocycles. The molecule has 1 aromatic heterocycles. The second kappa shape index (κ2) is 5.29. The molecule has 1 saturated carbocycles. The van der Waals surface area contributed by atoms with Crippen molar-refractivity contribution in [2.45, 2.75) is 19.4 Å². The summed E-state index contributed by atoms with van der Waals surface area (Å²) in [6.07, 6.45) is 2.74. The fraction of sp³-hybridized carbons (Fsp3) is 0.438. The highest BCUT2D eigenvalue weighted by atomic mass is 16.5. The zero-order chi connectivity index (χ0) is 14.1. The van der Waals surface area contributed by atoms with Crippen LogP contribution in [0.4, 0.5) is 5.82 Å². The summed E-state index contributed by atoms with van der Waals surface area (Å²) in [6, 6.07) is 8.05. The van der Waals surface area contributed by atoms with E-state index in [1.54, 1.807) is 7.11 Å². The molecule has 1 aliphatic carbocycles. The first-order chi connectivity index (χ1) is 9.65. The molecule has 2 N–H and O–H groups in total. The van der Waals surface area contributed by atoms with Crippen molar-refractivity contribution >= 4 is 16.7 Å². The first kappa shape index (κ1) is 13.2. The van der Waals surface area contributed by atoms with Crippen LogP contribution in [0.5, 0.6) is 5.75 Å². The highest BCUT2D eigenvalue weighted by Gasteiger charge is 2.23. The molecule has 1 aliphatic rings. The smallest absolute Gasteiger partial charge is 0.128 e. The first-order valence-electron chi connectivity index (χ1n) is 7.07. The lowest BCUT2D eigenvalue weighted by molar-refractivity contribution is 0.313. The Morgan fingerprint density at radius 1 is 1.35 bits per heavy atom. The second-order valence-corrected chi connectivity index (χ2v) is 5.73. The molecule has 3 rings (SSSR count). The van der Waals surface area contributed by atoms with E-state index < -0.39 is 0 Å². The SMILES string of the molecule is COc1ccc2cc(CN(C)CC3CC3)c(N)nc2c1. The minimum absolute atomic E-state index is 0.619. The quantitative estimate of drug-likeness (QED) is 0.908. The number of pyridine rings is 1. The standard InChI is InChI=1S/C16H21N3O/c1-19(9-11-3-4-11)10-13-7-12-5-6-14(20-2)8-15(12)18-16(13)17/h5-8,11H,3-4,9-10H2,1-2H3,(H2,17,18). The maximum atomic E-state index is 6.09. The highest BCUT2D eigenvalue weighted by Crippen LogP contribution is 2.30. The molecule has 0 aliphatic heterocycles. The van der Waals surface area contributed by atoms with Crippen molar-refractivity contribution in [1.82, 2.24) is 9.88 Å². The number of rotatable bonds is 5. The Kier molecular flexibility index (Phi) is 3.49. The number of fused-ring (bicyclic) bond motifs is 1. The number of aromatic nitrogens is 1. The minimum Gasteiger partial charge on any atom is -0.497 e. The van der Waals surface area contributed by atoms with Crippen molar-refractivity contribution in [1.29, 1.82) is 0 Å². The third-order valence-corrected chi connectivity index (χ3v) is 3.84. The lowest BCUT2D eigenvalue weighted by Gasteiger charge is -2.17. The van der Waals surface area contributed by atoms with Gasteiger partial charge >= 0.3 is 0 Å². The third kappa shape index (κ3) is 2.85. The van der Waals surface area contributed by atoms with E-state index in [4.69, 9.17) is 10.5 Å². The number of ether oxygens (including phenoxy) is 1. The van der Waals surface area contributed by atoms with Gasteiger partial charge in [0.1, 0.15) is 11.6 Å². The van der Waals surface area contributed by atoms with Crippen LogP contribution in [0.25, 0.3) is 10.9 Å². The Labute approximate surface area is 119 Å². The van der Waals surface area contributed by atoms with Gasteiger partial charge in [-0.05, 0) is 44.0 Å². The molecule has 0 radical (unpaired) electrons. The predicted molar refractivity (Wildman–Crippen MR) is 81.8 cm³/mol. The van der Waals surface area contributed by atoms with Crippen LogP contribution in [0.3, 0.4) is 0 Å². The normalized spacial score (nSPS) is 14.9. The summed E-state index contributed by atoms with van der Waals surface area (Å²) in [4.78, 5) is 6.84. The molecule has 0 spiro atoms. The summed E-state index contributed by atoms with van der Waals surface area (Å²) in [5, 5.41) is 1.11. The molecule has 4 heteroatoms. The van der Waals surface area contributed by atoms with Crippen LogP contribution in [0.1, 0.15) is 18.4 Å². The van der Waals surface area contributed by atoms with E-state index in [1.165, 1.54) is 12.8 Å². The molecule has 1 aromatic carbocycles. The predicted octanol–water partition coefficient (Wildman–Crippen LogP) is 2.67. The topological polar surface area (TPSA) is 51.4 Å². The van der Waals surface area contributed by atoms with Gasteiger partial charge in [-0.25, -0.2) is 4.98 Å².